The second kappa shape index (κ2) is 8.02. The van der Waals surface area contributed by atoms with Crippen molar-refractivity contribution in [1.29, 1.82) is 0 Å². The molecule has 2 amide bonds. The molecule has 4 nitrogen and oxygen atoms in total. The van der Waals surface area contributed by atoms with Crippen LogP contribution in [0, 0.1) is 5.82 Å². The zero-order chi connectivity index (χ0) is 16.9. The Kier molecular flexibility index (Phi) is 6.30. The van der Waals surface area contributed by atoms with Gasteiger partial charge in [-0.25, -0.2) is 9.18 Å². The van der Waals surface area contributed by atoms with Crippen molar-refractivity contribution in [3.05, 3.63) is 35.6 Å². The predicted octanol–water partition coefficient (Wildman–Crippen LogP) is 3.01. The van der Waals surface area contributed by atoms with E-state index in [-0.39, 0.29) is 24.4 Å². The van der Waals surface area contributed by atoms with Gasteiger partial charge in [-0.1, -0.05) is 18.6 Å². The van der Waals surface area contributed by atoms with Gasteiger partial charge in [0.1, 0.15) is 11.4 Å². The highest BCUT2D eigenvalue weighted by Crippen LogP contribution is 2.26. The Bertz CT molecular complexity index is 522. The number of carbonyl (C=O) groups excluding carboxylic acids is 1. The summed E-state index contributed by atoms with van der Waals surface area (Å²) in [5, 5.41) is 16.7. The molecule has 1 aromatic carbocycles. The van der Waals surface area contributed by atoms with Crippen LogP contribution in [0.1, 0.15) is 38.2 Å². The predicted molar refractivity (Wildman–Crippen MR) is 92.1 cm³/mol. The first-order valence-corrected chi connectivity index (χ1v) is 9.25. The van der Waals surface area contributed by atoms with Gasteiger partial charge in [0, 0.05) is 11.3 Å². The van der Waals surface area contributed by atoms with E-state index in [1.165, 1.54) is 30.7 Å². The van der Waals surface area contributed by atoms with Gasteiger partial charge in [0.25, 0.3) is 0 Å². The first-order chi connectivity index (χ1) is 10.9. The van der Waals surface area contributed by atoms with Crippen molar-refractivity contribution in [3.8, 4) is 0 Å². The van der Waals surface area contributed by atoms with E-state index in [1.54, 1.807) is 6.92 Å². The van der Waals surface area contributed by atoms with Crippen molar-refractivity contribution in [1.82, 2.24) is 10.6 Å². The summed E-state index contributed by atoms with van der Waals surface area (Å²) in [6, 6.07) is 5.58. The fourth-order valence-electron chi connectivity index (χ4n) is 2.89. The number of carbonyl (C=O) groups is 1. The van der Waals surface area contributed by atoms with Crippen molar-refractivity contribution in [2.75, 3.05) is 12.8 Å². The van der Waals surface area contributed by atoms with Crippen LogP contribution in [0.2, 0.25) is 0 Å². The highest BCUT2D eigenvalue weighted by Gasteiger charge is 2.26. The van der Waals surface area contributed by atoms with Gasteiger partial charge >= 0.3 is 6.03 Å². The number of aliphatic hydroxyl groups is 1. The summed E-state index contributed by atoms with van der Waals surface area (Å²) in [6.07, 6.45) is 6.43. The summed E-state index contributed by atoms with van der Waals surface area (Å²) >= 11 is 1.85. The Morgan fingerprint density at radius 2 is 2.09 bits per heavy atom. The van der Waals surface area contributed by atoms with Crippen molar-refractivity contribution in [3.63, 3.8) is 0 Å². The molecule has 0 heterocycles. The molecule has 0 aromatic heterocycles. The summed E-state index contributed by atoms with van der Waals surface area (Å²) < 4.78 is 12.9. The molecule has 0 aliphatic heterocycles. The molecule has 3 N–H and O–H groups in total. The number of hydrogen-bond acceptors (Lipinski definition) is 3. The molecule has 3 unspecified atom stereocenters. The SMILES string of the molecule is CSC1CCCC(NC(=O)NCC(C)(O)c2ccc(F)cc2)C1. The monoisotopic (exact) mass is 340 g/mol. The number of urea groups is 1. The summed E-state index contributed by atoms with van der Waals surface area (Å²) in [4.78, 5) is 12.0. The summed E-state index contributed by atoms with van der Waals surface area (Å²) in [6.45, 7) is 1.67. The normalized spacial score (nSPS) is 23.8. The Labute approximate surface area is 141 Å². The second-order valence-corrected chi connectivity index (χ2v) is 7.47. The topological polar surface area (TPSA) is 61.4 Å². The maximum Gasteiger partial charge on any atom is 0.315 e. The van der Waals surface area contributed by atoms with Gasteiger partial charge in [0.2, 0.25) is 0 Å². The number of hydrogen-bond donors (Lipinski definition) is 3. The zero-order valence-electron chi connectivity index (χ0n) is 13.6. The third kappa shape index (κ3) is 5.39. The molecule has 128 valence electrons. The first-order valence-electron chi connectivity index (χ1n) is 7.96. The molecular formula is C17H25FN2O2S. The number of amides is 2. The molecule has 0 saturated heterocycles. The number of benzene rings is 1. The molecule has 2 rings (SSSR count). The molecule has 23 heavy (non-hydrogen) atoms. The van der Waals surface area contributed by atoms with Gasteiger partial charge in [0.05, 0.1) is 6.54 Å². The van der Waals surface area contributed by atoms with Crippen molar-refractivity contribution in [2.45, 2.75) is 49.5 Å². The molecule has 1 aliphatic rings. The standard InChI is InChI=1S/C17H25FN2O2S/c1-17(22,12-6-8-13(18)9-7-12)11-19-16(21)20-14-4-3-5-15(10-14)23-2/h6-9,14-15,22H,3-5,10-11H2,1-2H3,(H2,19,20,21). The molecule has 1 saturated carbocycles. The fourth-order valence-corrected chi connectivity index (χ4v) is 3.72. The Balaban J connectivity index is 1.82. The van der Waals surface area contributed by atoms with Gasteiger partial charge in [0.15, 0.2) is 0 Å². The smallest absolute Gasteiger partial charge is 0.315 e. The lowest BCUT2D eigenvalue weighted by atomic mass is 9.95. The molecule has 3 atom stereocenters. The molecule has 1 aliphatic carbocycles. The van der Waals surface area contributed by atoms with E-state index in [4.69, 9.17) is 0 Å². The van der Waals surface area contributed by atoms with E-state index in [0.29, 0.717) is 10.8 Å². The minimum Gasteiger partial charge on any atom is -0.384 e. The lowest BCUT2D eigenvalue weighted by Gasteiger charge is -2.29. The van der Waals surface area contributed by atoms with E-state index in [0.717, 1.165) is 19.3 Å². The van der Waals surface area contributed by atoms with E-state index in [2.05, 4.69) is 16.9 Å². The summed E-state index contributed by atoms with van der Waals surface area (Å²) in [5.41, 5.74) is -0.668. The van der Waals surface area contributed by atoms with Crippen LogP contribution in [0.4, 0.5) is 9.18 Å². The van der Waals surface area contributed by atoms with Crippen LogP contribution in [0.15, 0.2) is 24.3 Å². The van der Waals surface area contributed by atoms with Crippen LogP contribution < -0.4 is 10.6 Å². The van der Waals surface area contributed by atoms with E-state index < -0.39 is 5.60 Å². The summed E-state index contributed by atoms with van der Waals surface area (Å²) in [7, 11) is 0. The molecule has 6 heteroatoms. The van der Waals surface area contributed by atoms with Crippen LogP contribution in [0.5, 0.6) is 0 Å². The van der Waals surface area contributed by atoms with Crippen LogP contribution >= 0.6 is 11.8 Å². The molecule has 0 spiro atoms. The molecule has 1 fully saturated rings. The minimum absolute atomic E-state index is 0.0726. The third-order valence-electron chi connectivity index (χ3n) is 4.35. The average molecular weight is 340 g/mol. The molecule has 0 bridgehead atoms. The van der Waals surface area contributed by atoms with Crippen LogP contribution in [-0.2, 0) is 5.60 Å². The van der Waals surface area contributed by atoms with Gasteiger partial charge in [-0.05, 0) is 50.1 Å². The highest BCUT2D eigenvalue weighted by atomic mass is 32.2. The highest BCUT2D eigenvalue weighted by molar-refractivity contribution is 7.99. The van der Waals surface area contributed by atoms with Crippen molar-refractivity contribution in [2.24, 2.45) is 0 Å². The first kappa shape index (κ1) is 18.1. The Hall–Kier alpha value is -1.27. The Morgan fingerprint density at radius 3 is 2.74 bits per heavy atom. The van der Waals surface area contributed by atoms with Crippen LogP contribution in [0.3, 0.4) is 0 Å². The van der Waals surface area contributed by atoms with E-state index in [1.807, 2.05) is 11.8 Å². The third-order valence-corrected chi connectivity index (χ3v) is 5.45. The number of thioether (sulfide) groups is 1. The number of nitrogens with one attached hydrogen (secondary N) is 2. The number of rotatable bonds is 5. The quantitative estimate of drug-likeness (QED) is 0.772. The maximum absolute atomic E-state index is 12.9. The number of halogens is 1. The summed E-state index contributed by atoms with van der Waals surface area (Å²) in [5.74, 6) is -0.351. The molecule has 1 aromatic rings. The molecule has 0 radical (unpaired) electrons. The van der Waals surface area contributed by atoms with Crippen LogP contribution in [0.25, 0.3) is 0 Å². The van der Waals surface area contributed by atoms with Gasteiger partial charge in [-0.15, -0.1) is 0 Å². The van der Waals surface area contributed by atoms with Gasteiger partial charge in [-0.3, -0.25) is 0 Å². The minimum atomic E-state index is -1.24. The Morgan fingerprint density at radius 1 is 1.39 bits per heavy atom. The van der Waals surface area contributed by atoms with Crippen molar-refractivity contribution < 1.29 is 14.3 Å². The lowest BCUT2D eigenvalue weighted by Crippen LogP contribution is -2.48. The maximum atomic E-state index is 12.9. The lowest BCUT2D eigenvalue weighted by molar-refractivity contribution is 0.0591. The zero-order valence-corrected chi connectivity index (χ0v) is 14.5. The average Bonchev–Trinajstić information content (AvgIpc) is 2.54. The van der Waals surface area contributed by atoms with Gasteiger partial charge in [-0.2, -0.15) is 11.8 Å². The molecular weight excluding hydrogens is 315 g/mol. The van der Waals surface area contributed by atoms with E-state index in [9.17, 15) is 14.3 Å². The van der Waals surface area contributed by atoms with Gasteiger partial charge < -0.3 is 15.7 Å². The van der Waals surface area contributed by atoms with Crippen LogP contribution in [-0.4, -0.2) is 35.2 Å². The fraction of sp³-hybridized carbons (Fsp3) is 0.588. The second-order valence-electron chi connectivity index (χ2n) is 6.33. The van der Waals surface area contributed by atoms with E-state index >= 15 is 0 Å². The van der Waals surface area contributed by atoms with Crippen molar-refractivity contribution >= 4 is 17.8 Å². The largest absolute Gasteiger partial charge is 0.384 e.